The van der Waals surface area contributed by atoms with Gasteiger partial charge in [0.25, 0.3) is 0 Å². The molecule has 1 saturated carbocycles. The Labute approximate surface area is 81.4 Å². The predicted molar refractivity (Wildman–Crippen MR) is 48.9 cm³/mol. The standard InChI is InChI=1S/C11H12F2O/c1-6(14)9-5-10(9)8-3-2-7(12)4-11(8)13/h2-4,6,9-10,14H,5H2,1H3/t6-,9-,10-/m0/s1. The Morgan fingerprint density at radius 2 is 2.14 bits per heavy atom. The molecule has 1 aromatic rings. The Morgan fingerprint density at radius 3 is 2.64 bits per heavy atom. The van der Waals surface area contributed by atoms with Gasteiger partial charge in [0.05, 0.1) is 6.10 Å². The van der Waals surface area contributed by atoms with E-state index in [0.29, 0.717) is 5.56 Å². The molecule has 1 N–H and O–H groups in total. The summed E-state index contributed by atoms with van der Waals surface area (Å²) >= 11 is 0. The second kappa shape index (κ2) is 3.31. The topological polar surface area (TPSA) is 20.2 Å². The second-order valence-corrected chi connectivity index (χ2v) is 3.91. The predicted octanol–water partition coefficient (Wildman–Crippen LogP) is 2.45. The molecule has 0 unspecified atom stereocenters. The number of rotatable bonds is 2. The lowest BCUT2D eigenvalue weighted by Crippen LogP contribution is -2.04. The van der Waals surface area contributed by atoms with Crippen molar-refractivity contribution < 1.29 is 13.9 Å². The quantitative estimate of drug-likeness (QED) is 0.773. The number of hydrogen-bond donors (Lipinski definition) is 1. The minimum absolute atomic E-state index is 0.0654. The Kier molecular flexibility index (Phi) is 2.27. The fourth-order valence-corrected chi connectivity index (χ4v) is 1.91. The van der Waals surface area contributed by atoms with Crippen LogP contribution in [0, 0.1) is 17.6 Å². The van der Waals surface area contributed by atoms with Crippen LogP contribution in [0.15, 0.2) is 18.2 Å². The Bertz CT molecular complexity index is 349. The van der Waals surface area contributed by atoms with E-state index in [0.717, 1.165) is 12.5 Å². The van der Waals surface area contributed by atoms with Crippen molar-refractivity contribution in [1.29, 1.82) is 0 Å². The van der Waals surface area contributed by atoms with Crippen LogP contribution in [0.4, 0.5) is 8.78 Å². The molecule has 76 valence electrons. The van der Waals surface area contributed by atoms with E-state index in [4.69, 9.17) is 0 Å². The molecule has 1 aliphatic rings. The molecule has 2 rings (SSSR count). The average Bonchev–Trinajstić information content (AvgIpc) is 2.83. The van der Waals surface area contributed by atoms with E-state index in [9.17, 15) is 13.9 Å². The van der Waals surface area contributed by atoms with Crippen molar-refractivity contribution in [1.82, 2.24) is 0 Å². The molecule has 1 fully saturated rings. The fraction of sp³-hybridized carbons (Fsp3) is 0.455. The lowest BCUT2D eigenvalue weighted by Gasteiger charge is -2.04. The highest BCUT2D eigenvalue weighted by molar-refractivity contribution is 5.28. The molecular weight excluding hydrogens is 186 g/mol. The van der Waals surface area contributed by atoms with Gasteiger partial charge in [-0.3, -0.25) is 0 Å². The molecule has 0 aliphatic heterocycles. The van der Waals surface area contributed by atoms with Crippen LogP contribution in [0.3, 0.4) is 0 Å². The zero-order chi connectivity index (χ0) is 10.3. The maximum Gasteiger partial charge on any atom is 0.129 e. The smallest absolute Gasteiger partial charge is 0.129 e. The van der Waals surface area contributed by atoms with Gasteiger partial charge in [-0.15, -0.1) is 0 Å². The molecule has 3 atom stereocenters. The van der Waals surface area contributed by atoms with Gasteiger partial charge in [0.15, 0.2) is 0 Å². The normalized spacial score (nSPS) is 27.4. The number of aliphatic hydroxyl groups excluding tert-OH is 1. The first kappa shape index (κ1) is 9.59. The van der Waals surface area contributed by atoms with Crippen molar-refractivity contribution in [2.24, 2.45) is 5.92 Å². The molecular formula is C11H12F2O. The van der Waals surface area contributed by atoms with Crippen molar-refractivity contribution in [3.63, 3.8) is 0 Å². The maximum atomic E-state index is 13.3. The molecule has 1 aliphatic carbocycles. The van der Waals surface area contributed by atoms with E-state index in [1.54, 1.807) is 6.92 Å². The van der Waals surface area contributed by atoms with Crippen molar-refractivity contribution in [2.75, 3.05) is 0 Å². The van der Waals surface area contributed by atoms with Gasteiger partial charge in [0.2, 0.25) is 0 Å². The minimum atomic E-state index is -0.555. The van der Waals surface area contributed by atoms with E-state index in [-0.39, 0.29) is 11.8 Å². The van der Waals surface area contributed by atoms with Crippen LogP contribution in [0.2, 0.25) is 0 Å². The van der Waals surface area contributed by atoms with Crippen LogP contribution in [0.1, 0.15) is 24.8 Å². The molecule has 0 amide bonds. The molecule has 1 nitrogen and oxygen atoms in total. The lowest BCUT2D eigenvalue weighted by atomic mass is 10.1. The molecule has 14 heavy (non-hydrogen) atoms. The first-order chi connectivity index (χ1) is 6.59. The van der Waals surface area contributed by atoms with E-state index < -0.39 is 17.7 Å². The molecule has 0 bridgehead atoms. The molecule has 0 radical (unpaired) electrons. The monoisotopic (exact) mass is 198 g/mol. The summed E-state index contributed by atoms with van der Waals surface area (Å²) in [5.41, 5.74) is 0.525. The summed E-state index contributed by atoms with van der Waals surface area (Å²) in [6.45, 7) is 1.70. The van der Waals surface area contributed by atoms with Crippen LogP contribution in [-0.4, -0.2) is 11.2 Å². The molecule has 3 heteroatoms. The third-order valence-corrected chi connectivity index (χ3v) is 2.82. The van der Waals surface area contributed by atoms with Gasteiger partial charge in [0.1, 0.15) is 11.6 Å². The molecule has 0 spiro atoms. The first-order valence-corrected chi connectivity index (χ1v) is 4.72. The van der Waals surface area contributed by atoms with E-state index >= 15 is 0 Å². The van der Waals surface area contributed by atoms with Crippen molar-refractivity contribution in [3.8, 4) is 0 Å². The Balaban J connectivity index is 2.19. The van der Waals surface area contributed by atoms with Gasteiger partial charge in [0, 0.05) is 6.07 Å². The van der Waals surface area contributed by atoms with Crippen LogP contribution in [0.5, 0.6) is 0 Å². The highest BCUT2D eigenvalue weighted by atomic mass is 19.1. The third kappa shape index (κ3) is 1.64. The third-order valence-electron chi connectivity index (χ3n) is 2.82. The average molecular weight is 198 g/mol. The molecule has 0 aromatic heterocycles. The number of aliphatic hydroxyl groups is 1. The van der Waals surface area contributed by atoms with Gasteiger partial charge >= 0.3 is 0 Å². The fourth-order valence-electron chi connectivity index (χ4n) is 1.91. The number of halogens is 2. The highest BCUT2D eigenvalue weighted by Crippen LogP contribution is 2.50. The summed E-state index contributed by atoms with van der Waals surface area (Å²) in [6.07, 6.45) is 0.379. The van der Waals surface area contributed by atoms with Gasteiger partial charge < -0.3 is 5.11 Å². The zero-order valence-corrected chi connectivity index (χ0v) is 7.87. The summed E-state index contributed by atoms with van der Waals surface area (Å²) in [7, 11) is 0. The first-order valence-electron chi connectivity index (χ1n) is 4.72. The van der Waals surface area contributed by atoms with Crippen LogP contribution in [0.25, 0.3) is 0 Å². The summed E-state index contributed by atoms with van der Waals surface area (Å²) in [4.78, 5) is 0. The number of benzene rings is 1. The summed E-state index contributed by atoms with van der Waals surface area (Å²) in [6, 6.07) is 3.63. The van der Waals surface area contributed by atoms with Crippen molar-refractivity contribution in [2.45, 2.75) is 25.4 Å². The SMILES string of the molecule is C[C@H](O)[C@@H]1C[C@H]1c1ccc(F)cc1F. The second-order valence-electron chi connectivity index (χ2n) is 3.91. The zero-order valence-electron chi connectivity index (χ0n) is 7.87. The molecule has 0 saturated heterocycles. The minimum Gasteiger partial charge on any atom is -0.393 e. The van der Waals surface area contributed by atoms with Crippen molar-refractivity contribution in [3.05, 3.63) is 35.4 Å². The Hall–Kier alpha value is -0.960. The number of hydrogen-bond acceptors (Lipinski definition) is 1. The largest absolute Gasteiger partial charge is 0.393 e. The lowest BCUT2D eigenvalue weighted by molar-refractivity contribution is 0.168. The van der Waals surface area contributed by atoms with Crippen molar-refractivity contribution >= 4 is 0 Å². The van der Waals surface area contributed by atoms with Gasteiger partial charge in [-0.05, 0) is 36.8 Å². The van der Waals surface area contributed by atoms with E-state index in [2.05, 4.69) is 0 Å². The van der Waals surface area contributed by atoms with Crippen LogP contribution < -0.4 is 0 Å². The van der Waals surface area contributed by atoms with Crippen LogP contribution >= 0.6 is 0 Å². The van der Waals surface area contributed by atoms with E-state index in [1.165, 1.54) is 12.1 Å². The van der Waals surface area contributed by atoms with Gasteiger partial charge in [-0.1, -0.05) is 6.07 Å². The van der Waals surface area contributed by atoms with E-state index in [1.807, 2.05) is 0 Å². The van der Waals surface area contributed by atoms with Gasteiger partial charge in [-0.2, -0.15) is 0 Å². The maximum absolute atomic E-state index is 13.3. The van der Waals surface area contributed by atoms with Gasteiger partial charge in [-0.25, -0.2) is 8.78 Å². The summed E-state index contributed by atoms with van der Waals surface area (Å²) in [5, 5.41) is 9.27. The summed E-state index contributed by atoms with van der Waals surface area (Å²) in [5.74, 6) is -0.857. The Morgan fingerprint density at radius 1 is 1.43 bits per heavy atom. The molecule has 0 heterocycles. The van der Waals surface area contributed by atoms with Crippen LogP contribution in [-0.2, 0) is 0 Å². The molecule has 1 aromatic carbocycles. The highest BCUT2D eigenvalue weighted by Gasteiger charge is 2.42. The summed E-state index contributed by atoms with van der Waals surface area (Å²) < 4.78 is 25.9.